The van der Waals surface area contributed by atoms with Crippen LogP contribution in [0.2, 0.25) is 0 Å². The molecule has 0 fully saturated rings. The Morgan fingerprint density at radius 1 is 1.88 bits per heavy atom. The van der Waals surface area contributed by atoms with Gasteiger partial charge in [-0.2, -0.15) is 5.06 Å². The van der Waals surface area contributed by atoms with Crippen LogP contribution in [0, 0.1) is 0 Å². The first-order valence-corrected chi connectivity index (χ1v) is 2.22. The molecule has 0 spiro atoms. The van der Waals surface area contributed by atoms with Gasteiger partial charge in [0, 0.05) is 6.20 Å². The van der Waals surface area contributed by atoms with Gasteiger partial charge in [0.05, 0.1) is 12.7 Å². The summed E-state index contributed by atoms with van der Waals surface area (Å²) in [5.41, 5.74) is 0. The summed E-state index contributed by atoms with van der Waals surface area (Å²) < 4.78 is 0. The smallest absolute Gasteiger partial charge is 0.269 e. The predicted octanol–water partition coefficient (Wildman–Crippen LogP) is -0.721. The number of nitrogens with zero attached hydrogens (tertiary/aromatic N) is 1. The van der Waals surface area contributed by atoms with E-state index in [1.165, 1.54) is 12.4 Å². The minimum absolute atomic E-state index is 0.174. The summed E-state index contributed by atoms with van der Waals surface area (Å²) in [5.74, 6) is -0.340. The topological polar surface area (TPSA) is 52.6 Å². The Hall–Kier alpha value is -1.03. The lowest BCUT2D eigenvalue weighted by atomic mass is 10.5. The summed E-state index contributed by atoms with van der Waals surface area (Å²) in [6, 6.07) is 0. The van der Waals surface area contributed by atoms with Crippen LogP contribution in [0.15, 0.2) is 12.4 Å². The van der Waals surface area contributed by atoms with Crippen LogP contribution in [0.1, 0.15) is 0 Å². The molecule has 0 aromatic rings. The number of hydrogen-bond donors (Lipinski definition) is 2. The number of hydrogen-bond acceptors (Lipinski definition) is 3. The van der Waals surface area contributed by atoms with E-state index < -0.39 is 0 Å². The van der Waals surface area contributed by atoms with E-state index in [2.05, 4.69) is 5.32 Å². The van der Waals surface area contributed by atoms with Gasteiger partial charge in [0.1, 0.15) is 0 Å². The van der Waals surface area contributed by atoms with E-state index in [1.807, 2.05) is 0 Å². The minimum atomic E-state index is -0.340. The lowest BCUT2D eigenvalue weighted by molar-refractivity contribution is -0.154. The van der Waals surface area contributed by atoms with E-state index >= 15 is 0 Å². The molecule has 4 heteroatoms. The van der Waals surface area contributed by atoms with Gasteiger partial charge in [-0.1, -0.05) is 0 Å². The number of rotatable bonds is 0. The van der Waals surface area contributed by atoms with Gasteiger partial charge in [0.25, 0.3) is 5.91 Å². The number of hydroxylamine groups is 2. The minimum Gasteiger partial charge on any atom is -0.381 e. The molecule has 0 aliphatic carbocycles. The molecule has 4 nitrogen and oxygen atoms in total. The molecule has 0 unspecified atom stereocenters. The maximum Gasteiger partial charge on any atom is 0.269 e. The van der Waals surface area contributed by atoms with Crippen molar-refractivity contribution < 1.29 is 10.0 Å². The van der Waals surface area contributed by atoms with E-state index in [0.29, 0.717) is 5.06 Å². The third-order valence-electron chi connectivity index (χ3n) is 0.842. The fraction of sp³-hybridized carbons (Fsp3) is 0.250. The van der Waals surface area contributed by atoms with E-state index in [0.717, 1.165) is 0 Å². The Balaban J connectivity index is 2.60. The lowest BCUT2D eigenvalue weighted by Crippen LogP contribution is -2.34. The molecule has 1 aliphatic rings. The first kappa shape index (κ1) is 5.11. The van der Waals surface area contributed by atoms with Crippen LogP contribution in [0.4, 0.5) is 0 Å². The highest BCUT2D eigenvalue weighted by Crippen LogP contribution is 1.88. The van der Waals surface area contributed by atoms with Gasteiger partial charge in [0.15, 0.2) is 0 Å². The molecule has 0 aromatic heterocycles. The van der Waals surface area contributed by atoms with E-state index in [-0.39, 0.29) is 12.5 Å². The van der Waals surface area contributed by atoms with Crippen molar-refractivity contribution in [3.63, 3.8) is 0 Å². The zero-order chi connectivity index (χ0) is 5.98. The summed E-state index contributed by atoms with van der Waals surface area (Å²) in [5, 5.41) is 11.7. The summed E-state index contributed by atoms with van der Waals surface area (Å²) in [6.45, 7) is 0.174. The molecular formula is C4H6N2O2. The highest BCUT2D eigenvalue weighted by atomic mass is 16.5. The van der Waals surface area contributed by atoms with Gasteiger partial charge in [-0.25, -0.2) is 0 Å². The van der Waals surface area contributed by atoms with Crippen molar-refractivity contribution >= 4 is 5.91 Å². The SMILES string of the molecule is O=C1CNC=CN1O. The molecule has 0 bridgehead atoms. The summed E-state index contributed by atoms with van der Waals surface area (Å²) >= 11 is 0. The van der Waals surface area contributed by atoms with Crippen LogP contribution >= 0.6 is 0 Å². The molecule has 44 valence electrons. The fourth-order valence-corrected chi connectivity index (χ4v) is 0.434. The number of nitrogens with one attached hydrogen (secondary N) is 1. The largest absolute Gasteiger partial charge is 0.381 e. The van der Waals surface area contributed by atoms with Crippen molar-refractivity contribution in [2.24, 2.45) is 0 Å². The Labute approximate surface area is 46.4 Å². The number of carbonyl (C=O) groups excluding carboxylic acids is 1. The first-order valence-electron chi connectivity index (χ1n) is 2.22. The van der Waals surface area contributed by atoms with Gasteiger partial charge in [0.2, 0.25) is 0 Å². The van der Waals surface area contributed by atoms with E-state index in [1.54, 1.807) is 0 Å². The average Bonchev–Trinajstić information content (AvgIpc) is 1.77. The Kier molecular flexibility index (Phi) is 1.17. The van der Waals surface area contributed by atoms with Gasteiger partial charge < -0.3 is 5.32 Å². The fourth-order valence-electron chi connectivity index (χ4n) is 0.434. The molecule has 0 saturated carbocycles. The van der Waals surface area contributed by atoms with Crippen LogP contribution < -0.4 is 5.32 Å². The highest BCUT2D eigenvalue weighted by molar-refractivity contribution is 5.78. The second-order valence-electron chi connectivity index (χ2n) is 1.43. The molecule has 1 rings (SSSR count). The third kappa shape index (κ3) is 0.788. The second kappa shape index (κ2) is 1.83. The number of carbonyl (C=O) groups is 1. The van der Waals surface area contributed by atoms with Gasteiger partial charge >= 0.3 is 0 Å². The van der Waals surface area contributed by atoms with Crippen molar-refractivity contribution in [2.45, 2.75) is 0 Å². The first-order chi connectivity index (χ1) is 3.80. The molecule has 2 N–H and O–H groups in total. The van der Waals surface area contributed by atoms with E-state index in [9.17, 15) is 4.79 Å². The van der Waals surface area contributed by atoms with Crippen LogP contribution in [0.25, 0.3) is 0 Å². The average molecular weight is 114 g/mol. The number of amides is 1. The van der Waals surface area contributed by atoms with Crippen LogP contribution in [0.5, 0.6) is 0 Å². The van der Waals surface area contributed by atoms with Crippen molar-refractivity contribution in [1.82, 2.24) is 10.4 Å². The van der Waals surface area contributed by atoms with Crippen molar-refractivity contribution in [3.05, 3.63) is 12.4 Å². The van der Waals surface area contributed by atoms with Crippen molar-refractivity contribution in [2.75, 3.05) is 6.54 Å². The summed E-state index contributed by atoms with van der Waals surface area (Å²) in [7, 11) is 0. The van der Waals surface area contributed by atoms with Crippen LogP contribution in [0.3, 0.4) is 0 Å². The monoisotopic (exact) mass is 114 g/mol. The molecule has 0 aromatic carbocycles. The van der Waals surface area contributed by atoms with Gasteiger partial charge in [-0.3, -0.25) is 10.0 Å². The van der Waals surface area contributed by atoms with Crippen LogP contribution in [-0.2, 0) is 4.79 Å². The zero-order valence-corrected chi connectivity index (χ0v) is 4.16. The molecule has 1 heterocycles. The molecular weight excluding hydrogens is 108 g/mol. The molecule has 1 aliphatic heterocycles. The van der Waals surface area contributed by atoms with Gasteiger partial charge in [-0.05, 0) is 0 Å². The van der Waals surface area contributed by atoms with Crippen molar-refractivity contribution in [3.8, 4) is 0 Å². The standard InChI is InChI=1S/C4H6N2O2/c7-4-3-5-1-2-6(4)8/h1-2,5,8H,3H2. The van der Waals surface area contributed by atoms with E-state index in [4.69, 9.17) is 5.21 Å². The molecule has 0 atom stereocenters. The quantitative estimate of drug-likeness (QED) is 0.408. The lowest BCUT2D eigenvalue weighted by Gasteiger charge is -2.13. The van der Waals surface area contributed by atoms with Gasteiger partial charge in [-0.15, -0.1) is 0 Å². The predicted molar refractivity (Wildman–Crippen MR) is 25.8 cm³/mol. The molecule has 0 saturated heterocycles. The Morgan fingerprint density at radius 2 is 2.62 bits per heavy atom. The molecule has 0 radical (unpaired) electrons. The Morgan fingerprint density at radius 3 is 3.00 bits per heavy atom. The third-order valence-corrected chi connectivity index (χ3v) is 0.842. The second-order valence-corrected chi connectivity index (χ2v) is 1.43. The normalized spacial score (nSPS) is 18.6. The maximum absolute atomic E-state index is 10.4. The maximum atomic E-state index is 10.4. The summed E-state index contributed by atoms with van der Waals surface area (Å²) in [4.78, 5) is 10.4. The summed E-state index contributed by atoms with van der Waals surface area (Å²) in [6.07, 6.45) is 2.76. The van der Waals surface area contributed by atoms with Crippen LogP contribution in [-0.4, -0.2) is 22.7 Å². The van der Waals surface area contributed by atoms with Crippen molar-refractivity contribution in [1.29, 1.82) is 0 Å². The molecule has 1 amide bonds. The Bertz CT molecular complexity index is 132. The molecule has 8 heavy (non-hydrogen) atoms. The zero-order valence-electron chi connectivity index (χ0n) is 4.16. The highest BCUT2D eigenvalue weighted by Gasteiger charge is 2.08.